The highest BCUT2D eigenvalue weighted by Gasteiger charge is 2.44. The van der Waals surface area contributed by atoms with Crippen molar-refractivity contribution in [3.63, 3.8) is 0 Å². The first kappa shape index (κ1) is 29.5. The number of hydrogen-bond acceptors (Lipinski definition) is 8. The summed E-state index contributed by atoms with van der Waals surface area (Å²) in [5.41, 5.74) is 2.92. The van der Waals surface area contributed by atoms with E-state index in [0.717, 1.165) is 79.4 Å². The van der Waals surface area contributed by atoms with Crippen molar-refractivity contribution in [3.8, 4) is 5.75 Å². The Balaban J connectivity index is 1.16. The third-order valence-corrected chi connectivity index (χ3v) is 9.84. The Morgan fingerprint density at radius 1 is 1.09 bits per heavy atom. The first-order valence-corrected chi connectivity index (χ1v) is 15.7. The summed E-state index contributed by atoms with van der Waals surface area (Å²) in [6, 6.07) is 11.8. The lowest BCUT2D eigenvalue weighted by Crippen LogP contribution is -2.55. The number of carbonyl (C=O) groups is 2. The van der Waals surface area contributed by atoms with Crippen LogP contribution in [0.25, 0.3) is 10.9 Å². The average molecular weight is 587 g/mol. The molecule has 1 aromatic carbocycles. The smallest absolute Gasteiger partial charge is 0.361 e. The number of nitrogens with zero attached hydrogens (tertiary/aromatic N) is 4. The molecule has 7 rings (SSSR count). The number of amides is 1. The predicted molar refractivity (Wildman–Crippen MR) is 162 cm³/mol. The van der Waals surface area contributed by atoms with Crippen molar-refractivity contribution in [2.24, 2.45) is 17.8 Å². The molecular weight excluding hydrogens is 544 g/mol. The van der Waals surface area contributed by atoms with Crippen LogP contribution < -0.4 is 4.74 Å². The Morgan fingerprint density at radius 2 is 1.95 bits per heavy atom. The zero-order chi connectivity index (χ0) is 29.8. The summed E-state index contributed by atoms with van der Waals surface area (Å²) in [5.74, 6) is 1.40. The maximum absolute atomic E-state index is 13.3. The molecule has 4 aliphatic heterocycles. The van der Waals surface area contributed by atoms with Crippen LogP contribution in [0, 0.1) is 17.8 Å². The Morgan fingerprint density at radius 3 is 2.72 bits per heavy atom. The molecular formula is C34H42N4O5. The fourth-order valence-electron chi connectivity index (χ4n) is 7.43. The van der Waals surface area contributed by atoms with E-state index in [0.29, 0.717) is 18.4 Å². The molecule has 228 valence electrons. The third-order valence-electron chi connectivity index (χ3n) is 9.84. The number of aromatic nitrogens is 2. The monoisotopic (exact) mass is 586 g/mol. The molecule has 43 heavy (non-hydrogen) atoms. The molecule has 4 aliphatic rings. The SMILES string of the molecule is CCC1CN2CCC1CC2[C@H](OOC(=O)CN1CCC[C@@H](CCc2ccncc2)C1=O)c1ccnc2ccc(OC)cc12. The van der Waals surface area contributed by atoms with Gasteiger partial charge in [0.1, 0.15) is 18.4 Å². The van der Waals surface area contributed by atoms with Crippen molar-refractivity contribution in [2.45, 2.75) is 64.0 Å². The van der Waals surface area contributed by atoms with E-state index < -0.39 is 12.1 Å². The maximum atomic E-state index is 13.3. The van der Waals surface area contributed by atoms with Gasteiger partial charge in [-0.15, -0.1) is 0 Å². The van der Waals surface area contributed by atoms with Crippen molar-refractivity contribution < 1.29 is 24.1 Å². The van der Waals surface area contributed by atoms with Gasteiger partial charge in [-0.25, -0.2) is 4.79 Å². The number of aryl methyl sites for hydroxylation is 1. The lowest BCUT2D eigenvalue weighted by atomic mass is 9.72. The minimum absolute atomic E-state index is 0.0161. The van der Waals surface area contributed by atoms with Crippen LogP contribution in [0.4, 0.5) is 0 Å². The summed E-state index contributed by atoms with van der Waals surface area (Å²) >= 11 is 0. The van der Waals surface area contributed by atoms with Crippen molar-refractivity contribution in [1.29, 1.82) is 0 Å². The molecule has 4 saturated heterocycles. The molecule has 0 radical (unpaired) electrons. The zero-order valence-electron chi connectivity index (χ0n) is 25.2. The predicted octanol–water partition coefficient (Wildman–Crippen LogP) is 5.15. The molecule has 9 nitrogen and oxygen atoms in total. The molecule has 9 heteroatoms. The first-order chi connectivity index (χ1) is 21.0. The van der Waals surface area contributed by atoms with E-state index in [1.54, 1.807) is 30.6 Å². The van der Waals surface area contributed by atoms with Gasteiger partial charge in [-0.3, -0.25) is 24.5 Å². The molecule has 0 aliphatic carbocycles. The van der Waals surface area contributed by atoms with E-state index in [1.807, 2.05) is 36.4 Å². The largest absolute Gasteiger partial charge is 0.497 e. The number of methoxy groups -OCH3 is 1. The topological polar surface area (TPSA) is 94.1 Å². The minimum Gasteiger partial charge on any atom is -0.497 e. The summed E-state index contributed by atoms with van der Waals surface area (Å²) < 4.78 is 5.52. The van der Waals surface area contributed by atoms with Crippen LogP contribution in [0.15, 0.2) is 55.0 Å². The number of hydrogen-bond donors (Lipinski definition) is 0. The maximum Gasteiger partial charge on any atom is 0.361 e. The van der Waals surface area contributed by atoms with Crippen molar-refractivity contribution in [3.05, 3.63) is 66.1 Å². The number of pyridine rings is 2. The molecule has 4 fully saturated rings. The van der Waals surface area contributed by atoms with E-state index in [-0.39, 0.29) is 24.4 Å². The molecule has 3 aromatic rings. The van der Waals surface area contributed by atoms with Gasteiger partial charge in [-0.05, 0) is 104 Å². The van der Waals surface area contributed by atoms with E-state index in [2.05, 4.69) is 21.8 Å². The number of ether oxygens (including phenoxy) is 1. The first-order valence-electron chi connectivity index (χ1n) is 15.7. The van der Waals surface area contributed by atoms with Crippen molar-refractivity contribution in [1.82, 2.24) is 19.8 Å². The van der Waals surface area contributed by atoms with Gasteiger partial charge >= 0.3 is 5.97 Å². The Kier molecular flexibility index (Phi) is 9.19. The number of piperidine rings is 4. The second-order valence-corrected chi connectivity index (χ2v) is 12.3. The van der Waals surface area contributed by atoms with Crippen molar-refractivity contribution in [2.75, 3.05) is 33.3 Å². The normalized spacial score (nSPS) is 26.0. The van der Waals surface area contributed by atoms with Crippen LogP contribution in [-0.2, 0) is 25.8 Å². The quantitative estimate of drug-likeness (QED) is 0.225. The second-order valence-electron chi connectivity index (χ2n) is 12.3. The van der Waals surface area contributed by atoms with E-state index in [9.17, 15) is 9.59 Å². The third kappa shape index (κ3) is 6.53. The van der Waals surface area contributed by atoms with Crippen molar-refractivity contribution >= 4 is 22.8 Å². The van der Waals surface area contributed by atoms with E-state index >= 15 is 0 Å². The zero-order valence-corrected chi connectivity index (χ0v) is 25.2. The van der Waals surface area contributed by atoms with Gasteiger partial charge < -0.3 is 9.64 Å². The fraction of sp³-hybridized carbons (Fsp3) is 0.529. The second kappa shape index (κ2) is 13.4. The van der Waals surface area contributed by atoms with Gasteiger partial charge in [0.25, 0.3) is 0 Å². The molecule has 6 heterocycles. The van der Waals surface area contributed by atoms with Crippen LogP contribution in [-0.4, -0.2) is 71.0 Å². The van der Waals surface area contributed by atoms with Gasteiger partial charge in [0.15, 0.2) is 0 Å². The number of likely N-dealkylation sites (tertiary alicyclic amines) is 1. The minimum atomic E-state index is -0.550. The summed E-state index contributed by atoms with van der Waals surface area (Å²) in [5, 5.41) is 0.917. The summed E-state index contributed by atoms with van der Waals surface area (Å²) in [6.07, 6.45) is 11.4. The Bertz CT molecular complexity index is 1420. The van der Waals surface area contributed by atoms with Gasteiger partial charge in [0.05, 0.1) is 12.6 Å². The lowest BCUT2D eigenvalue weighted by Gasteiger charge is -2.51. The summed E-state index contributed by atoms with van der Waals surface area (Å²) in [7, 11) is 1.65. The van der Waals surface area contributed by atoms with E-state index in [4.69, 9.17) is 14.5 Å². The highest BCUT2D eigenvalue weighted by Crippen LogP contribution is 2.44. The van der Waals surface area contributed by atoms with Gasteiger partial charge in [-0.1, -0.05) is 13.3 Å². The Hall–Kier alpha value is -3.56. The van der Waals surface area contributed by atoms with Crippen LogP contribution in [0.3, 0.4) is 0 Å². The summed E-state index contributed by atoms with van der Waals surface area (Å²) in [6.45, 7) is 4.74. The Labute approximate surface area is 253 Å². The highest BCUT2D eigenvalue weighted by molar-refractivity contribution is 5.85. The molecule has 0 saturated carbocycles. The molecule has 0 spiro atoms. The molecule has 1 amide bonds. The van der Waals surface area contributed by atoms with Crippen LogP contribution >= 0.6 is 0 Å². The lowest BCUT2D eigenvalue weighted by molar-refractivity contribution is -0.314. The van der Waals surface area contributed by atoms with E-state index in [1.165, 1.54) is 6.42 Å². The highest BCUT2D eigenvalue weighted by atomic mass is 17.2. The molecule has 2 aromatic heterocycles. The number of carbonyl (C=O) groups excluding carboxylic acids is 2. The average Bonchev–Trinajstić information content (AvgIpc) is 3.05. The number of benzene rings is 1. The van der Waals surface area contributed by atoms with Gasteiger partial charge in [0.2, 0.25) is 5.91 Å². The molecule has 4 unspecified atom stereocenters. The van der Waals surface area contributed by atoms with Gasteiger partial charge in [-0.2, -0.15) is 4.89 Å². The van der Waals surface area contributed by atoms with Crippen LogP contribution in [0.1, 0.15) is 62.7 Å². The summed E-state index contributed by atoms with van der Waals surface area (Å²) in [4.78, 5) is 50.9. The standard InChI is InChI=1S/C34H42N4O5/c1-3-24-21-37-18-13-26(24)19-31(37)33(28-12-16-36-30-9-8-27(41-2)20-29(28)30)43-42-32(39)22-38-17-4-5-25(34(38)40)7-6-23-10-14-35-15-11-23/h8-12,14-16,20,24-26,31,33H,3-7,13,17-19,21-22H2,1-2H3/t24?,25-,26?,31?,33+/m0/s1. The molecule has 0 N–H and O–H groups in total. The van der Waals surface area contributed by atoms with Crippen LogP contribution in [0.5, 0.6) is 5.75 Å². The van der Waals surface area contributed by atoms with Crippen LogP contribution in [0.2, 0.25) is 0 Å². The number of rotatable bonds is 11. The molecule has 2 bridgehead atoms. The fourth-order valence-corrected chi connectivity index (χ4v) is 7.43. The number of fused-ring (bicyclic) bond motifs is 4. The van der Waals surface area contributed by atoms with Gasteiger partial charge in [0, 0.05) is 49.0 Å². The molecule has 6 atom stereocenters.